The van der Waals surface area contributed by atoms with E-state index >= 15 is 0 Å². The van der Waals surface area contributed by atoms with Gasteiger partial charge in [-0.05, 0) is 32.1 Å². The van der Waals surface area contributed by atoms with Crippen LogP contribution in [0.1, 0.15) is 129 Å². The number of hydrogen-bond donors (Lipinski definition) is 2. The quantitative estimate of drug-likeness (QED) is 0.129. The second-order valence-corrected chi connectivity index (χ2v) is 9.18. The molecule has 1 atom stereocenters. The Hall–Kier alpha value is -2.12. The number of rotatable bonds is 24. The molecule has 0 aliphatic heterocycles. The molecule has 0 heterocycles. The minimum absolute atomic E-state index is 0.0368. The molecule has 0 aliphatic carbocycles. The lowest BCUT2D eigenvalue weighted by Gasteiger charge is -2.17. The molecule has 204 valence electrons. The number of hydrogen-bond acceptors (Lipinski definition) is 6. The van der Waals surface area contributed by atoms with Gasteiger partial charge in [-0.2, -0.15) is 0 Å². The molecule has 1 amide bonds. The van der Waals surface area contributed by atoms with Crippen molar-refractivity contribution in [2.45, 2.75) is 135 Å². The second kappa shape index (κ2) is 23.6. The molecule has 0 fully saturated rings. The molecule has 0 saturated carbocycles. The molecule has 0 radical (unpaired) electrons. The number of amides is 1. The van der Waals surface area contributed by atoms with E-state index in [0.29, 0.717) is 19.4 Å². The third-order valence-electron chi connectivity index (χ3n) is 5.80. The van der Waals surface area contributed by atoms with Crippen LogP contribution in [0.3, 0.4) is 0 Å². The molecule has 0 unspecified atom stereocenters. The van der Waals surface area contributed by atoms with Gasteiger partial charge in [-0.25, -0.2) is 4.79 Å². The average molecular weight is 500 g/mol. The first kappa shape index (κ1) is 32.9. The third-order valence-corrected chi connectivity index (χ3v) is 5.80. The predicted octanol–water partition coefficient (Wildman–Crippen LogP) is 5.70. The van der Waals surface area contributed by atoms with Crippen LogP contribution >= 0.6 is 0 Å². The maximum absolute atomic E-state index is 12.2. The summed E-state index contributed by atoms with van der Waals surface area (Å²) in [5.41, 5.74) is 0. The van der Waals surface area contributed by atoms with Crippen LogP contribution in [0.2, 0.25) is 0 Å². The normalized spacial score (nSPS) is 11.6. The number of esters is 2. The lowest BCUT2D eigenvalue weighted by molar-refractivity contribution is -0.148. The van der Waals surface area contributed by atoms with Gasteiger partial charge in [0.05, 0.1) is 13.2 Å². The summed E-state index contributed by atoms with van der Waals surface area (Å²) < 4.78 is 10.3. The van der Waals surface area contributed by atoms with Crippen LogP contribution in [0.25, 0.3) is 0 Å². The van der Waals surface area contributed by atoms with E-state index in [-0.39, 0.29) is 31.3 Å². The highest BCUT2D eigenvalue weighted by Gasteiger charge is 2.22. The van der Waals surface area contributed by atoms with Crippen molar-refractivity contribution in [2.24, 2.45) is 0 Å². The van der Waals surface area contributed by atoms with Gasteiger partial charge in [-0.1, -0.05) is 78.1 Å². The van der Waals surface area contributed by atoms with Gasteiger partial charge >= 0.3 is 17.9 Å². The Labute approximate surface area is 211 Å². The fourth-order valence-electron chi connectivity index (χ4n) is 3.57. The van der Waals surface area contributed by atoms with Gasteiger partial charge in [0.2, 0.25) is 5.91 Å². The van der Waals surface area contributed by atoms with Crippen LogP contribution in [0, 0.1) is 0 Å². The van der Waals surface area contributed by atoms with E-state index in [4.69, 9.17) is 14.6 Å². The van der Waals surface area contributed by atoms with E-state index in [0.717, 1.165) is 70.6 Å². The zero-order chi connectivity index (χ0) is 26.2. The summed E-state index contributed by atoms with van der Waals surface area (Å²) in [4.78, 5) is 46.7. The number of aliphatic carboxylic acids is 1. The van der Waals surface area contributed by atoms with Gasteiger partial charge < -0.3 is 19.9 Å². The largest absolute Gasteiger partial charge is 0.481 e. The van der Waals surface area contributed by atoms with Crippen LogP contribution in [0.15, 0.2) is 0 Å². The van der Waals surface area contributed by atoms with Gasteiger partial charge in [-0.15, -0.1) is 0 Å². The van der Waals surface area contributed by atoms with E-state index in [1.165, 1.54) is 19.3 Å². The summed E-state index contributed by atoms with van der Waals surface area (Å²) in [6.07, 6.45) is 14.8. The molecule has 8 nitrogen and oxygen atoms in total. The highest BCUT2D eigenvalue weighted by Crippen LogP contribution is 2.12. The van der Waals surface area contributed by atoms with Crippen molar-refractivity contribution in [3.8, 4) is 0 Å². The maximum atomic E-state index is 12.2. The fraction of sp³-hybridized carbons (Fsp3) is 0.852. The van der Waals surface area contributed by atoms with E-state index in [2.05, 4.69) is 12.2 Å². The molecule has 0 aromatic rings. The van der Waals surface area contributed by atoms with Crippen molar-refractivity contribution in [2.75, 3.05) is 13.2 Å². The van der Waals surface area contributed by atoms with Crippen molar-refractivity contribution in [3.05, 3.63) is 0 Å². The molecule has 0 aromatic carbocycles. The van der Waals surface area contributed by atoms with Gasteiger partial charge in [0.1, 0.15) is 6.04 Å². The van der Waals surface area contributed by atoms with Crippen molar-refractivity contribution < 1.29 is 33.8 Å². The smallest absolute Gasteiger partial charge is 0.328 e. The van der Waals surface area contributed by atoms with E-state index in [9.17, 15) is 19.2 Å². The minimum atomic E-state index is -1.01. The molecule has 0 bridgehead atoms. The van der Waals surface area contributed by atoms with E-state index in [1.807, 2.05) is 6.92 Å². The van der Waals surface area contributed by atoms with Crippen LogP contribution in [0.4, 0.5) is 0 Å². The molecular formula is C27H49NO7. The summed E-state index contributed by atoms with van der Waals surface area (Å²) in [5.74, 6) is -1.87. The molecule has 0 rings (SSSR count). The number of ether oxygens (including phenoxy) is 2. The third kappa shape index (κ3) is 22.1. The Morgan fingerprint density at radius 3 is 1.66 bits per heavy atom. The molecule has 0 saturated heterocycles. The summed E-state index contributed by atoms with van der Waals surface area (Å²) in [6, 6.07) is -0.901. The van der Waals surface area contributed by atoms with Gasteiger partial charge in [-0.3, -0.25) is 14.4 Å². The molecule has 0 aromatic heterocycles. The Morgan fingerprint density at radius 1 is 0.657 bits per heavy atom. The maximum Gasteiger partial charge on any atom is 0.328 e. The Morgan fingerprint density at radius 2 is 1.14 bits per heavy atom. The highest BCUT2D eigenvalue weighted by atomic mass is 16.5. The van der Waals surface area contributed by atoms with Crippen LogP contribution in [-0.2, 0) is 28.7 Å². The average Bonchev–Trinajstić information content (AvgIpc) is 2.82. The van der Waals surface area contributed by atoms with Crippen LogP contribution < -0.4 is 5.32 Å². The van der Waals surface area contributed by atoms with Crippen molar-refractivity contribution in [3.63, 3.8) is 0 Å². The standard InChI is InChI=1S/C27H49NO7/c1-3-5-21-34-26(32)18-16-14-12-10-8-7-9-11-13-15-17-24(29)28-23(19-20-25(30)31)27(33)35-22-6-4-2/h23H,3-22H2,1-2H3,(H,28,29)(H,30,31)/t23-/m0/s1. The van der Waals surface area contributed by atoms with E-state index in [1.54, 1.807) is 0 Å². The number of carboxylic acid groups (broad SMARTS) is 1. The lowest BCUT2D eigenvalue weighted by atomic mass is 10.0. The second-order valence-electron chi connectivity index (χ2n) is 9.18. The van der Waals surface area contributed by atoms with Gasteiger partial charge in [0.25, 0.3) is 0 Å². The number of carboxylic acids is 1. The molecule has 8 heteroatoms. The van der Waals surface area contributed by atoms with Crippen molar-refractivity contribution >= 4 is 23.8 Å². The van der Waals surface area contributed by atoms with Crippen LogP contribution in [0.5, 0.6) is 0 Å². The van der Waals surface area contributed by atoms with Gasteiger partial charge in [0, 0.05) is 19.3 Å². The topological polar surface area (TPSA) is 119 Å². The SMILES string of the molecule is CCCCOC(=O)CCCCCCCCCCCCC(=O)N[C@@H](CCC(=O)O)C(=O)OCCCC. The number of carbonyl (C=O) groups is 4. The Balaban J connectivity index is 3.75. The molecule has 35 heavy (non-hydrogen) atoms. The van der Waals surface area contributed by atoms with Crippen molar-refractivity contribution in [1.82, 2.24) is 5.32 Å². The Kier molecular flexibility index (Phi) is 22.2. The molecule has 2 N–H and O–H groups in total. The number of carbonyl (C=O) groups excluding carboxylic acids is 3. The first-order valence-electron chi connectivity index (χ1n) is 13.7. The summed E-state index contributed by atoms with van der Waals surface area (Å²) in [7, 11) is 0. The monoisotopic (exact) mass is 499 g/mol. The highest BCUT2D eigenvalue weighted by molar-refractivity contribution is 5.84. The number of unbranched alkanes of at least 4 members (excludes halogenated alkanes) is 11. The molecule has 0 spiro atoms. The summed E-state index contributed by atoms with van der Waals surface area (Å²) in [6.45, 7) is 4.88. The van der Waals surface area contributed by atoms with Crippen molar-refractivity contribution in [1.29, 1.82) is 0 Å². The first-order valence-corrected chi connectivity index (χ1v) is 13.7. The van der Waals surface area contributed by atoms with E-state index < -0.39 is 18.0 Å². The zero-order valence-corrected chi connectivity index (χ0v) is 22.1. The minimum Gasteiger partial charge on any atom is -0.481 e. The van der Waals surface area contributed by atoms with Crippen LogP contribution in [-0.4, -0.2) is 48.2 Å². The number of nitrogens with one attached hydrogen (secondary N) is 1. The Bertz CT molecular complexity index is 580. The van der Waals surface area contributed by atoms with Gasteiger partial charge in [0.15, 0.2) is 0 Å². The molecule has 0 aliphatic rings. The zero-order valence-electron chi connectivity index (χ0n) is 22.1. The first-order chi connectivity index (χ1) is 16.9. The lowest BCUT2D eigenvalue weighted by Crippen LogP contribution is -2.42. The summed E-state index contributed by atoms with van der Waals surface area (Å²) in [5, 5.41) is 11.5. The summed E-state index contributed by atoms with van der Waals surface area (Å²) >= 11 is 0. The fourth-order valence-corrected chi connectivity index (χ4v) is 3.57. The molecular weight excluding hydrogens is 450 g/mol. The predicted molar refractivity (Wildman–Crippen MR) is 136 cm³/mol.